The maximum absolute atomic E-state index is 13.5. The van der Waals surface area contributed by atoms with E-state index in [4.69, 9.17) is 14.3 Å². The number of benzene rings is 1. The van der Waals surface area contributed by atoms with Gasteiger partial charge in [0, 0.05) is 12.4 Å². The maximum atomic E-state index is 13.5. The molecule has 0 spiro atoms. The summed E-state index contributed by atoms with van der Waals surface area (Å²) >= 11 is 0. The quantitative estimate of drug-likeness (QED) is 0.707. The molecule has 0 aliphatic heterocycles. The third-order valence-electron chi connectivity index (χ3n) is 2.68. The molecule has 10 heteroatoms. The number of carboxylic acids is 1. The Bertz CT molecular complexity index is 850. The highest BCUT2D eigenvalue weighted by Crippen LogP contribution is 2.24. The number of halogens is 4. The summed E-state index contributed by atoms with van der Waals surface area (Å²) in [6.07, 6.45) is -1.82. The molecule has 2 heterocycles. The Balaban J connectivity index is 0.000000277. The van der Waals surface area contributed by atoms with Gasteiger partial charge in [0.15, 0.2) is 0 Å². The van der Waals surface area contributed by atoms with Crippen molar-refractivity contribution in [3.63, 3.8) is 0 Å². The van der Waals surface area contributed by atoms with Gasteiger partial charge in [-0.3, -0.25) is 4.98 Å². The Hall–Kier alpha value is -3.30. The summed E-state index contributed by atoms with van der Waals surface area (Å²) in [5, 5.41) is 14.8. The van der Waals surface area contributed by atoms with E-state index in [2.05, 4.69) is 15.2 Å². The molecule has 0 saturated carbocycles. The van der Waals surface area contributed by atoms with Crippen molar-refractivity contribution in [3.8, 4) is 22.9 Å². The predicted molar refractivity (Wildman–Crippen MR) is 76.6 cm³/mol. The van der Waals surface area contributed by atoms with E-state index in [1.807, 2.05) is 0 Å². The minimum atomic E-state index is -5.08. The average Bonchev–Trinajstić information content (AvgIpc) is 3.05. The van der Waals surface area contributed by atoms with Crippen LogP contribution in [0.4, 0.5) is 17.6 Å². The Labute approximate surface area is 137 Å². The van der Waals surface area contributed by atoms with E-state index < -0.39 is 12.1 Å². The van der Waals surface area contributed by atoms with Crippen molar-refractivity contribution in [3.05, 3.63) is 54.6 Å². The number of carbonyl (C=O) groups is 1. The van der Waals surface area contributed by atoms with E-state index in [9.17, 15) is 17.6 Å². The summed E-state index contributed by atoms with van der Waals surface area (Å²) < 4.78 is 50.7. The Kier molecular flexibility index (Phi) is 5.42. The lowest BCUT2D eigenvalue weighted by atomic mass is 10.2. The summed E-state index contributed by atoms with van der Waals surface area (Å²) in [6.45, 7) is 0. The molecular formula is C15H9F4N3O3. The fourth-order valence-corrected chi connectivity index (χ4v) is 1.57. The number of aliphatic carboxylic acids is 1. The lowest BCUT2D eigenvalue weighted by Gasteiger charge is -1.95. The van der Waals surface area contributed by atoms with Crippen molar-refractivity contribution in [2.75, 3.05) is 0 Å². The first kappa shape index (κ1) is 18.0. The molecule has 0 atom stereocenters. The molecule has 0 radical (unpaired) electrons. The molecule has 0 bridgehead atoms. The minimum absolute atomic E-state index is 0.159. The summed E-state index contributed by atoms with van der Waals surface area (Å²) in [7, 11) is 0. The number of alkyl halides is 3. The third-order valence-corrected chi connectivity index (χ3v) is 2.68. The molecule has 0 aliphatic rings. The van der Waals surface area contributed by atoms with Gasteiger partial charge in [0.05, 0.1) is 11.1 Å². The van der Waals surface area contributed by atoms with Gasteiger partial charge in [-0.1, -0.05) is 12.1 Å². The molecule has 1 aromatic carbocycles. The smallest absolute Gasteiger partial charge is 0.475 e. The van der Waals surface area contributed by atoms with E-state index in [1.54, 1.807) is 42.7 Å². The summed E-state index contributed by atoms with van der Waals surface area (Å²) in [4.78, 5) is 12.9. The lowest BCUT2D eigenvalue weighted by molar-refractivity contribution is -0.192. The first-order valence-electron chi connectivity index (χ1n) is 6.58. The van der Waals surface area contributed by atoms with Gasteiger partial charge in [0.2, 0.25) is 5.89 Å². The van der Waals surface area contributed by atoms with E-state index in [0.29, 0.717) is 17.0 Å². The lowest BCUT2D eigenvalue weighted by Crippen LogP contribution is -2.21. The Morgan fingerprint density at radius 1 is 1.04 bits per heavy atom. The molecule has 3 aromatic rings. The second-order valence-corrected chi connectivity index (χ2v) is 4.44. The van der Waals surface area contributed by atoms with Crippen LogP contribution in [0, 0.1) is 5.82 Å². The zero-order valence-electron chi connectivity index (χ0n) is 12.2. The van der Waals surface area contributed by atoms with Crippen LogP contribution in [0.1, 0.15) is 0 Å². The third kappa shape index (κ3) is 4.83. The zero-order valence-corrected chi connectivity index (χ0v) is 12.2. The van der Waals surface area contributed by atoms with Crippen molar-refractivity contribution in [2.45, 2.75) is 6.18 Å². The van der Waals surface area contributed by atoms with Gasteiger partial charge in [0.25, 0.3) is 5.89 Å². The number of aromatic nitrogens is 3. The highest BCUT2D eigenvalue weighted by Gasteiger charge is 2.38. The molecule has 3 rings (SSSR count). The average molecular weight is 355 g/mol. The molecule has 130 valence electrons. The highest BCUT2D eigenvalue weighted by atomic mass is 19.4. The number of pyridine rings is 1. The fourth-order valence-electron chi connectivity index (χ4n) is 1.57. The second-order valence-electron chi connectivity index (χ2n) is 4.44. The minimum Gasteiger partial charge on any atom is -0.475 e. The summed E-state index contributed by atoms with van der Waals surface area (Å²) in [5.74, 6) is -2.67. The van der Waals surface area contributed by atoms with Gasteiger partial charge in [-0.2, -0.15) is 13.2 Å². The predicted octanol–water partition coefficient (Wildman–Crippen LogP) is 3.57. The topological polar surface area (TPSA) is 89.1 Å². The summed E-state index contributed by atoms with van der Waals surface area (Å²) in [6, 6.07) is 9.83. The van der Waals surface area contributed by atoms with Gasteiger partial charge in [0.1, 0.15) is 5.82 Å². The number of carboxylic acid groups (broad SMARTS) is 1. The molecule has 0 aliphatic carbocycles. The molecule has 0 unspecified atom stereocenters. The van der Waals surface area contributed by atoms with Crippen molar-refractivity contribution >= 4 is 5.97 Å². The first-order chi connectivity index (χ1) is 11.8. The van der Waals surface area contributed by atoms with Gasteiger partial charge in [-0.25, -0.2) is 9.18 Å². The van der Waals surface area contributed by atoms with Crippen LogP contribution in [-0.4, -0.2) is 32.4 Å². The van der Waals surface area contributed by atoms with Crippen LogP contribution in [0.3, 0.4) is 0 Å². The van der Waals surface area contributed by atoms with Crippen LogP contribution < -0.4 is 0 Å². The van der Waals surface area contributed by atoms with Gasteiger partial charge in [-0.15, -0.1) is 10.2 Å². The van der Waals surface area contributed by atoms with Crippen molar-refractivity contribution in [2.24, 2.45) is 0 Å². The summed E-state index contributed by atoms with van der Waals surface area (Å²) in [5.41, 5.74) is 0.993. The van der Waals surface area contributed by atoms with Gasteiger partial charge >= 0.3 is 12.1 Å². The number of hydrogen-bond donors (Lipinski definition) is 1. The zero-order chi connectivity index (χ0) is 18.4. The SMILES string of the molecule is Fc1ccccc1-c1nnc(-c2cccnc2)o1.O=C(O)C(F)(F)F. The van der Waals surface area contributed by atoms with Crippen LogP contribution in [-0.2, 0) is 4.79 Å². The molecule has 0 fully saturated rings. The molecule has 2 aromatic heterocycles. The number of rotatable bonds is 2. The van der Waals surface area contributed by atoms with Crippen molar-refractivity contribution < 1.29 is 31.9 Å². The maximum Gasteiger partial charge on any atom is 0.490 e. The number of nitrogens with zero attached hydrogens (tertiary/aromatic N) is 3. The van der Waals surface area contributed by atoms with Crippen LogP contribution in [0.2, 0.25) is 0 Å². The molecule has 25 heavy (non-hydrogen) atoms. The van der Waals surface area contributed by atoms with Crippen LogP contribution in [0.25, 0.3) is 22.9 Å². The molecule has 0 saturated heterocycles. The van der Waals surface area contributed by atoms with Crippen LogP contribution in [0.5, 0.6) is 0 Å². The standard InChI is InChI=1S/C13H8FN3O.C2HF3O2/c14-11-6-2-1-5-10(11)13-17-16-12(18-13)9-4-3-7-15-8-9;3-2(4,5)1(6)7/h1-8H;(H,6,7). The van der Waals surface area contributed by atoms with Crippen molar-refractivity contribution in [1.82, 2.24) is 15.2 Å². The Morgan fingerprint density at radius 3 is 2.24 bits per heavy atom. The van der Waals surface area contributed by atoms with E-state index in [-0.39, 0.29) is 11.7 Å². The number of hydrogen-bond acceptors (Lipinski definition) is 5. The molecule has 6 nitrogen and oxygen atoms in total. The van der Waals surface area contributed by atoms with E-state index in [0.717, 1.165) is 0 Å². The van der Waals surface area contributed by atoms with E-state index in [1.165, 1.54) is 6.07 Å². The first-order valence-corrected chi connectivity index (χ1v) is 6.58. The highest BCUT2D eigenvalue weighted by molar-refractivity contribution is 5.73. The van der Waals surface area contributed by atoms with Gasteiger partial charge < -0.3 is 9.52 Å². The van der Waals surface area contributed by atoms with Crippen molar-refractivity contribution in [1.29, 1.82) is 0 Å². The second kappa shape index (κ2) is 7.51. The Morgan fingerprint density at radius 2 is 1.68 bits per heavy atom. The monoisotopic (exact) mass is 355 g/mol. The molecule has 0 amide bonds. The molecular weight excluding hydrogens is 346 g/mol. The fraction of sp³-hybridized carbons (Fsp3) is 0.0667. The normalized spacial score (nSPS) is 10.7. The van der Waals surface area contributed by atoms with Crippen LogP contribution in [0.15, 0.2) is 53.2 Å². The van der Waals surface area contributed by atoms with Gasteiger partial charge in [-0.05, 0) is 24.3 Å². The van der Waals surface area contributed by atoms with Crippen LogP contribution >= 0.6 is 0 Å². The van der Waals surface area contributed by atoms with E-state index >= 15 is 0 Å². The largest absolute Gasteiger partial charge is 0.490 e. The molecule has 1 N–H and O–H groups in total.